The fourth-order valence-electron chi connectivity index (χ4n) is 1.86. The van der Waals surface area contributed by atoms with Crippen molar-refractivity contribution in [3.63, 3.8) is 0 Å². The molecule has 1 N–H and O–H groups in total. The maximum absolute atomic E-state index is 10.8. The van der Waals surface area contributed by atoms with Crippen LogP contribution in [0.25, 0.3) is 22.4 Å². The van der Waals surface area contributed by atoms with Crippen molar-refractivity contribution in [3.05, 3.63) is 35.9 Å². The van der Waals surface area contributed by atoms with Crippen molar-refractivity contribution in [1.29, 1.82) is 0 Å². The lowest BCUT2D eigenvalue weighted by molar-refractivity contribution is 0.0686. The van der Waals surface area contributed by atoms with Crippen molar-refractivity contribution in [2.24, 2.45) is 0 Å². The van der Waals surface area contributed by atoms with Crippen molar-refractivity contribution in [2.75, 3.05) is 0 Å². The van der Waals surface area contributed by atoms with Gasteiger partial charge >= 0.3 is 5.97 Å². The Morgan fingerprint density at radius 2 is 2.10 bits per heavy atom. The molecule has 0 aliphatic carbocycles. The Hall–Kier alpha value is -2.63. The van der Waals surface area contributed by atoms with E-state index < -0.39 is 5.97 Å². The van der Waals surface area contributed by atoms with Gasteiger partial charge in [0.25, 0.3) is 0 Å². The Balaban J connectivity index is 2.05. The number of hydrogen-bond donors (Lipinski definition) is 1. The molecule has 0 aliphatic heterocycles. The average Bonchev–Trinajstić information content (AvgIpc) is 3.04. The molecule has 102 valence electrons. The molecule has 0 bridgehead atoms. The molecule has 2 aromatic heterocycles. The largest absolute Gasteiger partial charge is 0.476 e. The maximum atomic E-state index is 10.8. The molecule has 3 rings (SSSR count). The van der Waals surface area contributed by atoms with E-state index in [2.05, 4.69) is 10.1 Å². The number of fused-ring (bicyclic) bond motifs is 1. The lowest BCUT2D eigenvalue weighted by Crippen LogP contribution is -1.94. The van der Waals surface area contributed by atoms with Crippen LogP contribution in [0.4, 0.5) is 0 Å². The summed E-state index contributed by atoms with van der Waals surface area (Å²) in [6, 6.07) is 6.74. The van der Waals surface area contributed by atoms with Crippen LogP contribution in [-0.2, 0) is 0 Å². The van der Waals surface area contributed by atoms with Gasteiger partial charge in [-0.2, -0.15) is 0 Å². The van der Waals surface area contributed by atoms with E-state index in [0.717, 1.165) is 0 Å². The van der Waals surface area contributed by atoms with Crippen LogP contribution in [-0.4, -0.2) is 21.2 Å². The number of rotatable bonds is 3. The summed E-state index contributed by atoms with van der Waals surface area (Å²) in [5, 5.41) is 12.3. The molecule has 0 spiro atoms. The van der Waals surface area contributed by atoms with Gasteiger partial charge in [-0.25, -0.2) is 9.78 Å². The smallest absolute Gasteiger partial charge is 0.358 e. The summed E-state index contributed by atoms with van der Waals surface area (Å²) >= 11 is 0. The zero-order chi connectivity index (χ0) is 14.3. The molecule has 0 amide bonds. The van der Waals surface area contributed by atoms with E-state index in [9.17, 15) is 4.79 Å². The molecule has 0 atom stereocenters. The molecule has 2 heterocycles. The van der Waals surface area contributed by atoms with Crippen molar-refractivity contribution in [1.82, 2.24) is 10.1 Å². The molecule has 1 aromatic carbocycles. The maximum Gasteiger partial charge on any atom is 0.358 e. The van der Waals surface area contributed by atoms with E-state index in [-0.39, 0.29) is 11.6 Å². The lowest BCUT2D eigenvalue weighted by Gasteiger charge is -1.93. The van der Waals surface area contributed by atoms with E-state index in [1.54, 1.807) is 18.2 Å². The Morgan fingerprint density at radius 3 is 2.75 bits per heavy atom. The van der Waals surface area contributed by atoms with Gasteiger partial charge < -0.3 is 14.0 Å². The number of aromatic carboxylic acids is 1. The number of hydrogen-bond acceptors (Lipinski definition) is 5. The number of oxazole rings is 1. The Kier molecular flexibility index (Phi) is 2.78. The molecule has 0 radical (unpaired) electrons. The Labute approximate surface area is 114 Å². The van der Waals surface area contributed by atoms with Crippen LogP contribution in [0, 0.1) is 0 Å². The lowest BCUT2D eigenvalue weighted by atomic mass is 10.1. The van der Waals surface area contributed by atoms with Gasteiger partial charge in [0.2, 0.25) is 0 Å². The highest BCUT2D eigenvalue weighted by Crippen LogP contribution is 2.27. The highest BCUT2D eigenvalue weighted by molar-refractivity contribution is 5.87. The average molecular weight is 272 g/mol. The van der Waals surface area contributed by atoms with E-state index >= 15 is 0 Å². The summed E-state index contributed by atoms with van der Waals surface area (Å²) < 4.78 is 10.6. The van der Waals surface area contributed by atoms with E-state index in [1.165, 1.54) is 6.07 Å². The minimum atomic E-state index is -1.12. The van der Waals surface area contributed by atoms with Gasteiger partial charge in [-0.3, -0.25) is 0 Å². The summed E-state index contributed by atoms with van der Waals surface area (Å²) in [4.78, 5) is 15.2. The van der Waals surface area contributed by atoms with Crippen LogP contribution in [0.2, 0.25) is 0 Å². The predicted molar refractivity (Wildman–Crippen MR) is 70.6 cm³/mol. The van der Waals surface area contributed by atoms with Crippen molar-refractivity contribution >= 4 is 17.1 Å². The van der Waals surface area contributed by atoms with Crippen LogP contribution >= 0.6 is 0 Å². The van der Waals surface area contributed by atoms with E-state index in [1.807, 2.05) is 13.8 Å². The topological polar surface area (TPSA) is 89.4 Å². The number of aromatic nitrogens is 2. The summed E-state index contributed by atoms with van der Waals surface area (Å²) in [5.74, 6) is 0.138. The van der Waals surface area contributed by atoms with Crippen LogP contribution in [0.5, 0.6) is 0 Å². The normalized spacial score (nSPS) is 11.3. The van der Waals surface area contributed by atoms with Crippen molar-refractivity contribution in [2.45, 2.75) is 19.8 Å². The fourth-order valence-corrected chi connectivity index (χ4v) is 1.86. The first-order valence-electron chi connectivity index (χ1n) is 6.15. The molecular formula is C14H12N2O4. The third-order valence-electron chi connectivity index (χ3n) is 2.91. The highest BCUT2D eigenvalue weighted by atomic mass is 16.5. The molecule has 3 aromatic rings. The fraction of sp³-hybridized carbons (Fsp3) is 0.214. The van der Waals surface area contributed by atoms with Gasteiger partial charge in [-0.15, -0.1) is 0 Å². The van der Waals surface area contributed by atoms with Crippen LogP contribution in [0.15, 0.2) is 33.2 Å². The monoisotopic (exact) mass is 272 g/mol. The third-order valence-corrected chi connectivity index (χ3v) is 2.91. The number of benzene rings is 1. The van der Waals surface area contributed by atoms with E-state index in [4.69, 9.17) is 14.0 Å². The zero-order valence-corrected chi connectivity index (χ0v) is 11.0. The van der Waals surface area contributed by atoms with Gasteiger partial charge in [0.1, 0.15) is 5.52 Å². The molecule has 0 fully saturated rings. The Bertz CT molecular complexity index is 785. The first kappa shape index (κ1) is 12.4. The molecule has 6 heteroatoms. The highest BCUT2D eigenvalue weighted by Gasteiger charge is 2.14. The molecule has 0 saturated carbocycles. The van der Waals surface area contributed by atoms with Crippen molar-refractivity contribution in [3.8, 4) is 11.3 Å². The molecule has 6 nitrogen and oxygen atoms in total. The summed E-state index contributed by atoms with van der Waals surface area (Å²) in [6.07, 6.45) is 0. The predicted octanol–water partition coefficient (Wildman–Crippen LogP) is 3.30. The number of nitrogens with zero attached hydrogens (tertiary/aromatic N) is 2. The molecule has 0 unspecified atom stereocenters. The number of carboxylic acid groups (broad SMARTS) is 1. The first-order chi connectivity index (χ1) is 9.54. The van der Waals surface area contributed by atoms with E-state index in [0.29, 0.717) is 28.3 Å². The Morgan fingerprint density at radius 1 is 1.30 bits per heavy atom. The second-order valence-corrected chi connectivity index (χ2v) is 4.77. The molecule has 0 aliphatic rings. The standard InChI is InChI=1S/C14H12N2O4/c1-7(2)13-15-9-5-8(3-4-11(9)19-13)12-6-10(14(17)18)16-20-12/h3-7H,1-2H3,(H,17,18). The minimum absolute atomic E-state index is 0.122. The number of carbonyl (C=O) groups is 1. The minimum Gasteiger partial charge on any atom is -0.476 e. The summed E-state index contributed by atoms with van der Waals surface area (Å²) in [5.41, 5.74) is 1.99. The van der Waals surface area contributed by atoms with Gasteiger partial charge in [0, 0.05) is 17.5 Å². The SMILES string of the molecule is CC(C)c1nc2cc(-c3cc(C(=O)O)no3)ccc2o1. The quantitative estimate of drug-likeness (QED) is 0.786. The molecule has 0 saturated heterocycles. The molecular weight excluding hydrogens is 260 g/mol. The first-order valence-corrected chi connectivity index (χ1v) is 6.15. The number of carboxylic acids is 1. The second-order valence-electron chi connectivity index (χ2n) is 4.77. The van der Waals surface area contributed by atoms with Crippen LogP contribution in [0.3, 0.4) is 0 Å². The summed E-state index contributed by atoms with van der Waals surface area (Å²) in [7, 11) is 0. The summed E-state index contributed by atoms with van der Waals surface area (Å²) in [6.45, 7) is 4.00. The van der Waals surface area contributed by atoms with Gasteiger partial charge in [-0.05, 0) is 18.2 Å². The second kappa shape index (κ2) is 4.48. The van der Waals surface area contributed by atoms with Crippen LogP contribution < -0.4 is 0 Å². The van der Waals surface area contributed by atoms with Gasteiger partial charge in [0.05, 0.1) is 0 Å². The third kappa shape index (κ3) is 2.05. The van der Waals surface area contributed by atoms with Gasteiger partial charge in [0.15, 0.2) is 22.9 Å². The van der Waals surface area contributed by atoms with Crippen molar-refractivity contribution < 1.29 is 18.8 Å². The zero-order valence-electron chi connectivity index (χ0n) is 11.0. The van der Waals surface area contributed by atoms with Gasteiger partial charge in [-0.1, -0.05) is 19.0 Å². The van der Waals surface area contributed by atoms with Crippen LogP contribution in [0.1, 0.15) is 36.1 Å². The molecule has 20 heavy (non-hydrogen) atoms.